The van der Waals surface area contributed by atoms with E-state index in [1.54, 1.807) is 56.5 Å². The molecule has 0 saturated carbocycles. The average molecular weight is 487 g/mol. The van der Waals surface area contributed by atoms with Crippen molar-refractivity contribution in [2.24, 2.45) is 0 Å². The van der Waals surface area contributed by atoms with Crippen molar-refractivity contribution in [3.05, 3.63) is 65.4 Å². The molecule has 0 bridgehead atoms. The van der Waals surface area contributed by atoms with Crippen LogP contribution < -0.4 is 4.74 Å². The van der Waals surface area contributed by atoms with Crippen molar-refractivity contribution in [3.8, 4) is 5.75 Å². The van der Waals surface area contributed by atoms with E-state index in [0.29, 0.717) is 22.5 Å². The maximum atomic E-state index is 12.7. The van der Waals surface area contributed by atoms with Crippen molar-refractivity contribution < 1.29 is 31.9 Å². The van der Waals surface area contributed by atoms with Gasteiger partial charge in [-0.25, -0.2) is 13.2 Å². The molecule has 0 aliphatic carbocycles. The Balaban J connectivity index is 1.31. The van der Waals surface area contributed by atoms with Crippen LogP contribution in [0.4, 0.5) is 0 Å². The average Bonchev–Trinajstić information content (AvgIpc) is 3.18. The minimum atomic E-state index is -3.48. The van der Waals surface area contributed by atoms with Crippen LogP contribution in [0.2, 0.25) is 0 Å². The Morgan fingerprint density at radius 1 is 1.03 bits per heavy atom. The van der Waals surface area contributed by atoms with Crippen molar-refractivity contribution >= 4 is 32.9 Å². The quantitative estimate of drug-likeness (QED) is 0.473. The molecule has 2 aromatic carbocycles. The molecule has 1 aliphatic rings. The molecule has 0 spiro atoms. The van der Waals surface area contributed by atoms with E-state index in [9.17, 15) is 18.0 Å². The molecular formula is C24H26N2O7S. The van der Waals surface area contributed by atoms with Crippen LogP contribution in [0.3, 0.4) is 0 Å². The van der Waals surface area contributed by atoms with Gasteiger partial charge in [-0.3, -0.25) is 4.79 Å². The van der Waals surface area contributed by atoms with Crippen LogP contribution in [0.25, 0.3) is 11.0 Å². The first-order valence-electron chi connectivity index (χ1n) is 10.8. The van der Waals surface area contributed by atoms with Gasteiger partial charge in [0.1, 0.15) is 11.3 Å². The van der Waals surface area contributed by atoms with Crippen LogP contribution in [-0.2, 0) is 25.3 Å². The van der Waals surface area contributed by atoms with Gasteiger partial charge < -0.3 is 18.8 Å². The molecule has 1 fully saturated rings. The molecule has 1 aromatic heterocycles. The number of carbonyl (C=O) groups excluding carboxylic acids is 2. The molecule has 0 unspecified atom stereocenters. The monoisotopic (exact) mass is 486 g/mol. The number of piperazine rings is 1. The molecule has 34 heavy (non-hydrogen) atoms. The Labute approximate surface area is 197 Å². The molecule has 180 valence electrons. The van der Waals surface area contributed by atoms with Crippen LogP contribution in [0.1, 0.15) is 21.7 Å². The highest BCUT2D eigenvalue weighted by Gasteiger charge is 2.29. The molecule has 1 aliphatic heterocycles. The van der Waals surface area contributed by atoms with Gasteiger partial charge in [-0.1, -0.05) is 30.3 Å². The number of carbonyl (C=O) groups is 2. The van der Waals surface area contributed by atoms with Crippen molar-refractivity contribution in [3.63, 3.8) is 0 Å². The summed E-state index contributed by atoms with van der Waals surface area (Å²) in [5.41, 5.74) is 1.83. The summed E-state index contributed by atoms with van der Waals surface area (Å²) in [5, 5.41) is 0.727. The first-order valence-corrected chi connectivity index (χ1v) is 12.4. The van der Waals surface area contributed by atoms with Gasteiger partial charge in [0.15, 0.2) is 6.61 Å². The van der Waals surface area contributed by atoms with E-state index in [1.165, 1.54) is 9.21 Å². The molecule has 1 amide bonds. The Bertz CT molecular complexity index is 1290. The summed E-state index contributed by atoms with van der Waals surface area (Å²) in [4.78, 5) is 26.6. The lowest BCUT2D eigenvalue weighted by Gasteiger charge is -2.33. The third-order valence-corrected chi connectivity index (χ3v) is 7.68. The number of nitrogens with zero attached hydrogens (tertiary/aromatic N) is 2. The van der Waals surface area contributed by atoms with Gasteiger partial charge >= 0.3 is 5.97 Å². The van der Waals surface area contributed by atoms with Gasteiger partial charge in [-0.2, -0.15) is 4.31 Å². The van der Waals surface area contributed by atoms with Gasteiger partial charge in [-0.05, 0) is 30.7 Å². The lowest BCUT2D eigenvalue weighted by Crippen LogP contribution is -2.51. The highest BCUT2D eigenvalue weighted by Crippen LogP contribution is 2.29. The largest absolute Gasteiger partial charge is 0.497 e. The summed E-state index contributed by atoms with van der Waals surface area (Å²) in [6, 6.07) is 14.2. The fraction of sp³-hybridized carbons (Fsp3) is 0.333. The van der Waals surface area contributed by atoms with Gasteiger partial charge in [0, 0.05) is 37.1 Å². The third-order valence-electron chi connectivity index (χ3n) is 5.83. The number of benzene rings is 2. The SMILES string of the molecule is COc1ccc2oc(C(=O)OCC(=O)N3CCN(S(=O)(=O)Cc4ccccc4)CC3)c(C)c2c1. The van der Waals surface area contributed by atoms with E-state index in [-0.39, 0.29) is 43.6 Å². The maximum Gasteiger partial charge on any atom is 0.375 e. The summed E-state index contributed by atoms with van der Waals surface area (Å²) < 4.78 is 42.8. The number of rotatable bonds is 7. The van der Waals surface area contributed by atoms with Gasteiger partial charge in [0.2, 0.25) is 15.8 Å². The number of esters is 1. The fourth-order valence-electron chi connectivity index (χ4n) is 3.90. The van der Waals surface area contributed by atoms with Crippen molar-refractivity contribution in [2.75, 3.05) is 39.9 Å². The molecule has 4 rings (SSSR count). The smallest absolute Gasteiger partial charge is 0.375 e. The molecule has 3 aromatic rings. The molecule has 9 nitrogen and oxygen atoms in total. The van der Waals surface area contributed by atoms with E-state index >= 15 is 0 Å². The zero-order chi connectivity index (χ0) is 24.3. The molecule has 0 N–H and O–H groups in total. The molecular weight excluding hydrogens is 460 g/mol. The van der Waals surface area contributed by atoms with E-state index < -0.39 is 22.6 Å². The lowest BCUT2D eigenvalue weighted by atomic mass is 10.1. The zero-order valence-electron chi connectivity index (χ0n) is 19.0. The first-order chi connectivity index (χ1) is 16.3. The second-order valence-electron chi connectivity index (χ2n) is 8.02. The Kier molecular flexibility index (Phi) is 6.90. The number of hydrogen-bond donors (Lipinski definition) is 0. The predicted octanol–water partition coefficient (Wildman–Crippen LogP) is 2.58. The number of sulfonamides is 1. The van der Waals surface area contributed by atoms with Crippen molar-refractivity contribution in [2.45, 2.75) is 12.7 Å². The minimum absolute atomic E-state index is 0.0351. The summed E-state index contributed by atoms with van der Waals surface area (Å²) in [6.45, 7) is 2.13. The van der Waals surface area contributed by atoms with Crippen LogP contribution in [-0.4, -0.2) is 69.4 Å². The van der Waals surface area contributed by atoms with Gasteiger partial charge in [0.25, 0.3) is 5.91 Å². The Morgan fingerprint density at radius 3 is 2.41 bits per heavy atom. The number of methoxy groups -OCH3 is 1. The lowest BCUT2D eigenvalue weighted by molar-refractivity contribution is -0.135. The van der Waals surface area contributed by atoms with E-state index in [1.807, 2.05) is 6.07 Å². The normalized spacial score (nSPS) is 14.8. The number of aryl methyl sites for hydroxylation is 1. The number of hydrogen-bond acceptors (Lipinski definition) is 7. The second kappa shape index (κ2) is 9.86. The highest BCUT2D eigenvalue weighted by atomic mass is 32.2. The number of furan rings is 1. The van der Waals surface area contributed by atoms with Gasteiger partial charge in [0.05, 0.1) is 12.9 Å². The summed E-state index contributed by atoms with van der Waals surface area (Å²) in [7, 11) is -1.93. The van der Waals surface area contributed by atoms with Crippen LogP contribution in [0.5, 0.6) is 5.75 Å². The summed E-state index contributed by atoms with van der Waals surface area (Å²) >= 11 is 0. The topological polar surface area (TPSA) is 106 Å². The van der Waals surface area contributed by atoms with Crippen molar-refractivity contribution in [1.29, 1.82) is 0 Å². The highest BCUT2D eigenvalue weighted by molar-refractivity contribution is 7.88. The second-order valence-corrected chi connectivity index (χ2v) is 9.98. The number of ether oxygens (including phenoxy) is 2. The van der Waals surface area contributed by atoms with Gasteiger partial charge in [-0.15, -0.1) is 0 Å². The number of amides is 1. The van der Waals surface area contributed by atoms with E-state index in [4.69, 9.17) is 13.9 Å². The van der Waals surface area contributed by atoms with Crippen LogP contribution >= 0.6 is 0 Å². The predicted molar refractivity (Wildman–Crippen MR) is 125 cm³/mol. The Morgan fingerprint density at radius 2 is 1.74 bits per heavy atom. The molecule has 0 radical (unpaired) electrons. The summed E-state index contributed by atoms with van der Waals surface area (Å²) in [6.07, 6.45) is 0. The first kappa shape index (κ1) is 23.8. The van der Waals surface area contributed by atoms with Crippen LogP contribution in [0.15, 0.2) is 52.9 Å². The van der Waals surface area contributed by atoms with E-state index in [0.717, 1.165) is 5.39 Å². The molecule has 0 atom stereocenters. The van der Waals surface area contributed by atoms with Crippen LogP contribution in [0, 0.1) is 6.92 Å². The van der Waals surface area contributed by atoms with E-state index in [2.05, 4.69) is 0 Å². The third kappa shape index (κ3) is 5.07. The standard InChI is InChI=1S/C24H26N2O7S/c1-17-20-14-19(31-2)8-9-21(20)33-23(17)24(28)32-15-22(27)25-10-12-26(13-11-25)34(29,30)16-18-6-4-3-5-7-18/h3-9,14H,10-13,15-16H2,1-2H3. The maximum absolute atomic E-state index is 12.7. The fourth-order valence-corrected chi connectivity index (χ4v) is 5.41. The van der Waals surface area contributed by atoms with Crippen molar-refractivity contribution in [1.82, 2.24) is 9.21 Å². The number of fused-ring (bicyclic) bond motifs is 1. The zero-order valence-corrected chi connectivity index (χ0v) is 19.8. The Hall–Kier alpha value is -3.37. The molecule has 2 heterocycles. The summed E-state index contributed by atoms with van der Waals surface area (Å²) in [5.74, 6) is -0.527. The molecule has 10 heteroatoms. The minimum Gasteiger partial charge on any atom is -0.497 e. The molecule has 1 saturated heterocycles.